The van der Waals surface area contributed by atoms with Crippen LogP contribution in [-0.4, -0.2) is 10.4 Å². The van der Waals surface area contributed by atoms with Gasteiger partial charge in [0.05, 0.1) is 10.5 Å². The number of carbonyl (C=O) groups is 1. The highest BCUT2D eigenvalue weighted by molar-refractivity contribution is 6.31. The zero-order valence-electron chi connectivity index (χ0n) is 8.34. The summed E-state index contributed by atoms with van der Waals surface area (Å²) in [6, 6.07) is 3.19. The quantitative estimate of drug-likeness (QED) is 0.684. The molecule has 1 aromatic heterocycles. The van der Waals surface area contributed by atoms with Gasteiger partial charge >= 0.3 is 0 Å². The van der Waals surface area contributed by atoms with Gasteiger partial charge in [0.15, 0.2) is 11.6 Å². The third kappa shape index (κ3) is 1.43. The third-order valence-corrected chi connectivity index (χ3v) is 2.72. The summed E-state index contributed by atoms with van der Waals surface area (Å²) >= 11 is 5.68. The molecule has 1 aromatic carbocycles. The first-order valence-electron chi connectivity index (χ1n) is 4.46. The predicted octanol–water partition coefficient (Wildman–Crippen LogP) is 3.17. The molecule has 0 unspecified atom stereocenters. The normalized spacial score (nSPS) is 10.9. The van der Waals surface area contributed by atoms with Crippen molar-refractivity contribution in [1.29, 1.82) is 0 Å². The fourth-order valence-corrected chi connectivity index (χ4v) is 1.84. The molecule has 2 aromatic rings. The number of halogens is 2. The first-order chi connectivity index (χ1) is 7.02. The average Bonchev–Trinajstić information content (AvgIpc) is 2.50. The standard InChI is InChI=1S/C11H9ClFNO/c1-6(15)7-5-14(2)9-4-3-8(12)11(13)10(7)9/h3-5H,1-2H3. The highest BCUT2D eigenvalue weighted by atomic mass is 35.5. The van der Waals surface area contributed by atoms with E-state index in [9.17, 15) is 9.18 Å². The lowest BCUT2D eigenvalue weighted by molar-refractivity contribution is 0.101. The molecular formula is C11H9ClFNO. The Morgan fingerprint density at radius 2 is 2.13 bits per heavy atom. The minimum atomic E-state index is -0.528. The Balaban J connectivity index is 2.95. The van der Waals surface area contributed by atoms with E-state index in [1.165, 1.54) is 13.0 Å². The lowest BCUT2D eigenvalue weighted by Gasteiger charge is -1.99. The van der Waals surface area contributed by atoms with Crippen molar-refractivity contribution in [2.75, 3.05) is 0 Å². The Morgan fingerprint density at radius 3 is 2.73 bits per heavy atom. The first kappa shape index (κ1) is 10.2. The number of nitrogens with zero attached hydrogens (tertiary/aromatic N) is 1. The Bertz CT molecular complexity index is 559. The van der Waals surface area contributed by atoms with Crippen molar-refractivity contribution in [3.05, 3.63) is 34.7 Å². The van der Waals surface area contributed by atoms with Crippen molar-refractivity contribution in [2.24, 2.45) is 7.05 Å². The molecule has 0 fully saturated rings. The summed E-state index contributed by atoms with van der Waals surface area (Å²) in [5, 5.41) is 0.341. The number of rotatable bonds is 1. The summed E-state index contributed by atoms with van der Waals surface area (Å²) in [6.45, 7) is 1.41. The fourth-order valence-electron chi connectivity index (χ4n) is 1.69. The molecule has 15 heavy (non-hydrogen) atoms. The average molecular weight is 226 g/mol. The van der Waals surface area contributed by atoms with E-state index < -0.39 is 5.82 Å². The molecule has 0 amide bonds. The van der Waals surface area contributed by atoms with E-state index in [-0.39, 0.29) is 10.8 Å². The van der Waals surface area contributed by atoms with Crippen LogP contribution in [0.2, 0.25) is 5.02 Å². The molecule has 0 aliphatic rings. The second-order valence-corrected chi connectivity index (χ2v) is 3.87. The van der Waals surface area contributed by atoms with E-state index >= 15 is 0 Å². The summed E-state index contributed by atoms with van der Waals surface area (Å²) in [7, 11) is 1.77. The molecule has 2 nitrogen and oxygen atoms in total. The van der Waals surface area contributed by atoms with Crippen LogP contribution in [-0.2, 0) is 7.05 Å². The van der Waals surface area contributed by atoms with Crippen molar-refractivity contribution in [1.82, 2.24) is 4.57 Å². The minimum absolute atomic E-state index is 0.0381. The molecule has 1 heterocycles. The second kappa shape index (κ2) is 3.35. The van der Waals surface area contributed by atoms with Crippen LogP contribution in [0, 0.1) is 5.82 Å². The fraction of sp³-hybridized carbons (Fsp3) is 0.182. The largest absolute Gasteiger partial charge is 0.350 e. The molecule has 0 N–H and O–H groups in total. The number of fused-ring (bicyclic) bond motifs is 1. The van der Waals surface area contributed by atoms with Gasteiger partial charge in [-0.15, -0.1) is 0 Å². The van der Waals surface area contributed by atoms with Crippen molar-refractivity contribution >= 4 is 28.3 Å². The maximum Gasteiger partial charge on any atom is 0.162 e. The number of aromatic nitrogens is 1. The number of benzene rings is 1. The van der Waals surface area contributed by atoms with E-state index in [1.54, 1.807) is 23.9 Å². The molecule has 78 valence electrons. The highest BCUT2D eigenvalue weighted by Crippen LogP contribution is 2.28. The van der Waals surface area contributed by atoms with Crippen LogP contribution in [0.15, 0.2) is 18.3 Å². The number of hydrogen-bond acceptors (Lipinski definition) is 1. The number of carbonyl (C=O) groups excluding carboxylic acids is 1. The Morgan fingerprint density at radius 1 is 1.47 bits per heavy atom. The van der Waals surface area contributed by atoms with Crippen molar-refractivity contribution in [2.45, 2.75) is 6.92 Å². The molecule has 0 atom stereocenters. The van der Waals surface area contributed by atoms with Gasteiger partial charge in [0.25, 0.3) is 0 Å². The lowest BCUT2D eigenvalue weighted by Crippen LogP contribution is -1.91. The van der Waals surface area contributed by atoms with E-state index in [1.807, 2.05) is 0 Å². The third-order valence-electron chi connectivity index (χ3n) is 2.42. The van der Waals surface area contributed by atoms with Crippen LogP contribution in [0.5, 0.6) is 0 Å². The zero-order chi connectivity index (χ0) is 11.2. The van der Waals surface area contributed by atoms with E-state index in [4.69, 9.17) is 11.6 Å². The maximum absolute atomic E-state index is 13.7. The van der Waals surface area contributed by atoms with Crippen LogP contribution in [0.25, 0.3) is 10.9 Å². The highest BCUT2D eigenvalue weighted by Gasteiger charge is 2.16. The van der Waals surface area contributed by atoms with Gasteiger partial charge < -0.3 is 4.57 Å². The molecule has 0 radical (unpaired) electrons. The monoisotopic (exact) mass is 225 g/mol. The summed E-state index contributed by atoms with van der Waals surface area (Å²) in [4.78, 5) is 11.3. The van der Waals surface area contributed by atoms with Crippen LogP contribution < -0.4 is 0 Å². The van der Waals surface area contributed by atoms with E-state index in [0.717, 1.165) is 0 Å². The molecule has 0 spiro atoms. The predicted molar refractivity (Wildman–Crippen MR) is 57.9 cm³/mol. The first-order valence-corrected chi connectivity index (χ1v) is 4.84. The number of hydrogen-bond donors (Lipinski definition) is 0. The van der Waals surface area contributed by atoms with Crippen LogP contribution >= 0.6 is 11.6 Å². The van der Waals surface area contributed by atoms with Crippen molar-refractivity contribution in [3.8, 4) is 0 Å². The molecule has 0 saturated heterocycles. The molecule has 0 aliphatic carbocycles. The number of aryl methyl sites for hydroxylation is 1. The van der Waals surface area contributed by atoms with Crippen molar-refractivity contribution < 1.29 is 9.18 Å². The summed E-state index contributed by atoms with van der Waals surface area (Å²) in [5.41, 5.74) is 1.04. The van der Waals surface area contributed by atoms with Gasteiger partial charge in [0.1, 0.15) is 0 Å². The lowest BCUT2D eigenvalue weighted by atomic mass is 10.1. The van der Waals surface area contributed by atoms with Crippen molar-refractivity contribution in [3.63, 3.8) is 0 Å². The van der Waals surface area contributed by atoms with Gasteiger partial charge in [0, 0.05) is 24.2 Å². The summed E-state index contributed by atoms with van der Waals surface area (Å²) in [6.07, 6.45) is 1.62. The molecule has 0 aliphatic heterocycles. The minimum Gasteiger partial charge on any atom is -0.350 e. The van der Waals surface area contributed by atoms with Gasteiger partial charge in [-0.05, 0) is 19.1 Å². The number of Topliss-reactive ketones (excluding diaryl/α,β-unsaturated/α-hetero) is 1. The second-order valence-electron chi connectivity index (χ2n) is 3.47. The van der Waals surface area contributed by atoms with E-state index in [2.05, 4.69) is 0 Å². The molecular weight excluding hydrogens is 217 g/mol. The van der Waals surface area contributed by atoms with Crippen LogP contribution in [0.4, 0.5) is 4.39 Å². The van der Waals surface area contributed by atoms with Gasteiger partial charge in [-0.1, -0.05) is 11.6 Å². The van der Waals surface area contributed by atoms with Gasteiger partial charge in [-0.3, -0.25) is 4.79 Å². The Kier molecular flexibility index (Phi) is 2.27. The van der Waals surface area contributed by atoms with Gasteiger partial charge in [0.2, 0.25) is 0 Å². The van der Waals surface area contributed by atoms with Gasteiger partial charge in [-0.25, -0.2) is 4.39 Å². The van der Waals surface area contributed by atoms with E-state index in [0.29, 0.717) is 16.5 Å². The SMILES string of the molecule is CC(=O)c1cn(C)c2ccc(Cl)c(F)c12. The topological polar surface area (TPSA) is 22.0 Å². The Labute approximate surface area is 91.3 Å². The Hall–Kier alpha value is -1.35. The molecule has 0 bridgehead atoms. The molecule has 4 heteroatoms. The molecule has 2 rings (SSSR count). The van der Waals surface area contributed by atoms with Gasteiger partial charge in [-0.2, -0.15) is 0 Å². The summed E-state index contributed by atoms with van der Waals surface area (Å²) < 4.78 is 15.4. The molecule has 0 saturated carbocycles. The van der Waals surface area contributed by atoms with Crippen LogP contribution in [0.3, 0.4) is 0 Å². The zero-order valence-corrected chi connectivity index (χ0v) is 9.10. The smallest absolute Gasteiger partial charge is 0.162 e. The number of ketones is 1. The summed E-state index contributed by atoms with van der Waals surface area (Å²) in [5.74, 6) is -0.693. The maximum atomic E-state index is 13.7. The van der Waals surface area contributed by atoms with Crippen LogP contribution in [0.1, 0.15) is 17.3 Å².